The van der Waals surface area contributed by atoms with Gasteiger partial charge in [-0.25, -0.2) is 0 Å². The van der Waals surface area contributed by atoms with Crippen molar-refractivity contribution in [2.45, 2.75) is 13.1 Å². The molecule has 16 heavy (non-hydrogen) atoms. The molecular formula is C12H14N2O2. The van der Waals surface area contributed by atoms with Crippen LogP contribution in [0.2, 0.25) is 0 Å². The van der Waals surface area contributed by atoms with Gasteiger partial charge in [-0.3, -0.25) is 0 Å². The molecule has 0 atom stereocenters. The average Bonchev–Trinajstić information content (AvgIpc) is 2.83. The molecule has 4 heteroatoms. The number of benzene rings is 1. The zero-order valence-electron chi connectivity index (χ0n) is 9.14. The topological polar surface area (TPSA) is 47.3 Å². The monoisotopic (exact) mass is 218 g/mol. The number of nitrogens with one attached hydrogen (secondary N) is 1. The quantitative estimate of drug-likeness (QED) is 0.833. The second-order valence-electron chi connectivity index (χ2n) is 3.43. The van der Waals surface area contributed by atoms with Crippen LogP contribution in [0.5, 0.6) is 5.75 Å². The molecule has 0 saturated heterocycles. The summed E-state index contributed by atoms with van der Waals surface area (Å²) in [5.41, 5.74) is 1.21. The molecule has 0 unspecified atom stereocenters. The molecule has 0 aliphatic carbocycles. The largest absolute Gasteiger partial charge is 0.497 e. The summed E-state index contributed by atoms with van der Waals surface area (Å²) in [6, 6.07) is 9.82. The van der Waals surface area contributed by atoms with E-state index in [4.69, 9.17) is 9.26 Å². The minimum absolute atomic E-state index is 0.687. The molecule has 0 spiro atoms. The Kier molecular flexibility index (Phi) is 3.56. The van der Waals surface area contributed by atoms with Crippen LogP contribution in [0, 0.1) is 0 Å². The molecule has 0 aliphatic rings. The van der Waals surface area contributed by atoms with Crippen molar-refractivity contribution in [1.29, 1.82) is 0 Å². The molecule has 2 rings (SSSR count). The van der Waals surface area contributed by atoms with Gasteiger partial charge in [-0.15, -0.1) is 0 Å². The maximum absolute atomic E-state index is 5.09. The van der Waals surface area contributed by atoms with Gasteiger partial charge in [-0.05, 0) is 17.7 Å². The third-order valence-corrected chi connectivity index (χ3v) is 2.28. The minimum atomic E-state index is 0.687. The highest BCUT2D eigenvalue weighted by atomic mass is 16.5. The van der Waals surface area contributed by atoms with Crippen LogP contribution in [0.25, 0.3) is 0 Å². The van der Waals surface area contributed by atoms with Gasteiger partial charge >= 0.3 is 0 Å². The molecule has 0 amide bonds. The Morgan fingerprint density at radius 2 is 2.00 bits per heavy atom. The molecule has 2 aromatic rings. The summed E-state index contributed by atoms with van der Waals surface area (Å²) in [7, 11) is 1.66. The van der Waals surface area contributed by atoms with E-state index in [0.717, 1.165) is 18.1 Å². The Balaban J connectivity index is 1.81. The van der Waals surface area contributed by atoms with E-state index in [-0.39, 0.29) is 0 Å². The molecule has 1 aromatic carbocycles. The summed E-state index contributed by atoms with van der Waals surface area (Å²) >= 11 is 0. The van der Waals surface area contributed by atoms with E-state index in [1.54, 1.807) is 13.3 Å². The molecule has 0 radical (unpaired) electrons. The van der Waals surface area contributed by atoms with E-state index in [1.807, 2.05) is 30.3 Å². The molecule has 1 aromatic heterocycles. The molecule has 0 bridgehead atoms. The van der Waals surface area contributed by atoms with Gasteiger partial charge in [-0.1, -0.05) is 17.3 Å². The molecule has 0 aliphatic heterocycles. The van der Waals surface area contributed by atoms with Crippen LogP contribution < -0.4 is 10.1 Å². The van der Waals surface area contributed by atoms with Crippen molar-refractivity contribution < 1.29 is 9.26 Å². The number of methoxy groups -OCH3 is 1. The number of hydrogen-bond acceptors (Lipinski definition) is 4. The van der Waals surface area contributed by atoms with E-state index in [0.29, 0.717) is 6.54 Å². The van der Waals surface area contributed by atoms with Crippen LogP contribution >= 0.6 is 0 Å². The van der Waals surface area contributed by atoms with Crippen molar-refractivity contribution in [3.8, 4) is 5.75 Å². The maximum Gasteiger partial charge on any atom is 0.150 e. The molecule has 84 valence electrons. The van der Waals surface area contributed by atoms with Gasteiger partial charge < -0.3 is 14.6 Å². The van der Waals surface area contributed by atoms with Crippen molar-refractivity contribution in [3.05, 3.63) is 47.9 Å². The van der Waals surface area contributed by atoms with Crippen molar-refractivity contribution in [2.24, 2.45) is 0 Å². The van der Waals surface area contributed by atoms with Gasteiger partial charge in [0.1, 0.15) is 11.5 Å². The summed E-state index contributed by atoms with van der Waals surface area (Å²) < 4.78 is 10.1. The van der Waals surface area contributed by atoms with Gasteiger partial charge in [0.2, 0.25) is 0 Å². The van der Waals surface area contributed by atoms with Crippen molar-refractivity contribution in [1.82, 2.24) is 10.5 Å². The zero-order valence-corrected chi connectivity index (χ0v) is 9.14. The molecule has 1 N–H and O–H groups in total. The van der Waals surface area contributed by atoms with Crippen LogP contribution in [0.1, 0.15) is 11.3 Å². The second kappa shape index (κ2) is 5.32. The van der Waals surface area contributed by atoms with E-state index >= 15 is 0 Å². The Hall–Kier alpha value is -1.81. The highest BCUT2D eigenvalue weighted by Gasteiger charge is 1.97. The summed E-state index contributed by atoms with van der Waals surface area (Å²) in [5.74, 6) is 1.72. The van der Waals surface area contributed by atoms with E-state index in [9.17, 15) is 0 Å². The predicted octanol–water partition coefficient (Wildman–Crippen LogP) is 1.97. The van der Waals surface area contributed by atoms with Crippen LogP contribution in [0.15, 0.2) is 41.1 Å². The van der Waals surface area contributed by atoms with Crippen molar-refractivity contribution in [2.75, 3.05) is 7.11 Å². The fourth-order valence-corrected chi connectivity index (χ4v) is 1.41. The SMILES string of the molecule is COc1ccc(CNCc2ccno2)cc1. The van der Waals surface area contributed by atoms with Crippen molar-refractivity contribution >= 4 is 0 Å². The summed E-state index contributed by atoms with van der Waals surface area (Å²) in [4.78, 5) is 0. The standard InChI is InChI=1S/C12H14N2O2/c1-15-11-4-2-10(3-5-11)8-13-9-12-6-7-14-16-12/h2-7,13H,8-9H2,1H3. The number of rotatable bonds is 5. The molecular weight excluding hydrogens is 204 g/mol. The highest BCUT2D eigenvalue weighted by Crippen LogP contribution is 2.11. The summed E-state index contributed by atoms with van der Waals surface area (Å²) in [6.07, 6.45) is 1.64. The Labute approximate surface area is 94.2 Å². The van der Waals surface area contributed by atoms with E-state index in [2.05, 4.69) is 10.5 Å². The van der Waals surface area contributed by atoms with Crippen LogP contribution in [0.4, 0.5) is 0 Å². The number of hydrogen-bond donors (Lipinski definition) is 1. The first-order valence-corrected chi connectivity index (χ1v) is 5.11. The fraction of sp³-hybridized carbons (Fsp3) is 0.250. The van der Waals surface area contributed by atoms with Crippen LogP contribution in [0.3, 0.4) is 0 Å². The smallest absolute Gasteiger partial charge is 0.150 e. The molecule has 0 saturated carbocycles. The van der Waals surface area contributed by atoms with Crippen molar-refractivity contribution in [3.63, 3.8) is 0 Å². The van der Waals surface area contributed by atoms with Gasteiger partial charge in [0.25, 0.3) is 0 Å². The highest BCUT2D eigenvalue weighted by molar-refractivity contribution is 5.26. The van der Waals surface area contributed by atoms with E-state index in [1.165, 1.54) is 5.56 Å². The first kappa shape index (κ1) is 10.7. The predicted molar refractivity (Wildman–Crippen MR) is 60.0 cm³/mol. The fourth-order valence-electron chi connectivity index (χ4n) is 1.41. The Morgan fingerprint density at radius 1 is 1.19 bits per heavy atom. The lowest BCUT2D eigenvalue weighted by atomic mass is 10.2. The minimum Gasteiger partial charge on any atom is -0.497 e. The number of nitrogens with zero attached hydrogens (tertiary/aromatic N) is 1. The molecule has 4 nitrogen and oxygen atoms in total. The summed E-state index contributed by atoms with van der Waals surface area (Å²) in [5, 5.41) is 6.91. The Morgan fingerprint density at radius 3 is 2.62 bits per heavy atom. The first-order chi connectivity index (χ1) is 7.88. The number of aromatic nitrogens is 1. The normalized spacial score (nSPS) is 10.3. The molecule has 0 fully saturated rings. The third-order valence-electron chi connectivity index (χ3n) is 2.28. The van der Waals surface area contributed by atoms with Crippen LogP contribution in [-0.2, 0) is 13.1 Å². The lowest BCUT2D eigenvalue weighted by molar-refractivity contribution is 0.372. The summed E-state index contributed by atoms with van der Waals surface area (Å²) in [6.45, 7) is 1.48. The van der Waals surface area contributed by atoms with E-state index < -0.39 is 0 Å². The Bertz CT molecular complexity index is 409. The third kappa shape index (κ3) is 2.84. The van der Waals surface area contributed by atoms with Gasteiger partial charge in [0.05, 0.1) is 19.9 Å². The first-order valence-electron chi connectivity index (χ1n) is 5.11. The van der Waals surface area contributed by atoms with Gasteiger partial charge in [-0.2, -0.15) is 0 Å². The van der Waals surface area contributed by atoms with Crippen LogP contribution in [-0.4, -0.2) is 12.3 Å². The average molecular weight is 218 g/mol. The molecule has 1 heterocycles. The lowest BCUT2D eigenvalue weighted by Crippen LogP contribution is -2.11. The number of ether oxygens (including phenoxy) is 1. The van der Waals surface area contributed by atoms with Gasteiger partial charge in [0, 0.05) is 12.6 Å². The second-order valence-corrected chi connectivity index (χ2v) is 3.43. The maximum atomic E-state index is 5.09. The van der Waals surface area contributed by atoms with Gasteiger partial charge in [0.15, 0.2) is 0 Å². The lowest BCUT2D eigenvalue weighted by Gasteiger charge is -2.04. The zero-order chi connectivity index (χ0) is 11.2.